The molecule has 3 rings (SSSR count). The summed E-state index contributed by atoms with van der Waals surface area (Å²) in [5.74, 6) is -2.15. The minimum atomic E-state index is -1.29. The molecule has 0 saturated heterocycles. The van der Waals surface area contributed by atoms with E-state index >= 15 is 0 Å². The highest BCUT2D eigenvalue weighted by Gasteiger charge is 2.20. The van der Waals surface area contributed by atoms with E-state index in [2.05, 4.69) is 10.6 Å². The quantitative estimate of drug-likeness (QED) is 0.301. The number of hydrogen-bond donors (Lipinski definition) is 4. The van der Waals surface area contributed by atoms with Crippen LogP contribution in [0.1, 0.15) is 34.3 Å². The lowest BCUT2D eigenvalue weighted by molar-refractivity contribution is -0.115. The highest BCUT2D eigenvalue weighted by Crippen LogP contribution is 2.29. The van der Waals surface area contributed by atoms with Gasteiger partial charge in [0.1, 0.15) is 11.3 Å². The normalized spacial score (nSPS) is 11.5. The number of aromatic hydroxyl groups is 1. The zero-order valence-electron chi connectivity index (χ0n) is 16.5. The molecular formula is C22H20N2O6S. The lowest BCUT2D eigenvalue weighted by Gasteiger charge is -2.16. The third-order valence-electron chi connectivity index (χ3n) is 4.27. The highest BCUT2D eigenvalue weighted by molar-refractivity contribution is 8.00. The first kappa shape index (κ1) is 22.0. The maximum Gasteiger partial charge on any atom is 0.339 e. The Kier molecular flexibility index (Phi) is 6.99. The number of carbonyl (C=O) groups is 3. The monoisotopic (exact) mass is 440 g/mol. The number of hydrogen-bond acceptors (Lipinski definition) is 6. The van der Waals surface area contributed by atoms with Crippen LogP contribution in [0.3, 0.4) is 0 Å². The number of amides is 2. The van der Waals surface area contributed by atoms with Gasteiger partial charge in [-0.25, -0.2) is 4.79 Å². The fraction of sp³-hybridized carbons (Fsp3) is 0.136. The Hall–Kier alpha value is -3.72. The van der Waals surface area contributed by atoms with Gasteiger partial charge in [0.2, 0.25) is 5.91 Å². The van der Waals surface area contributed by atoms with Gasteiger partial charge in [0, 0.05) is 16.3 Å². The van der Waals surface area contributed by atoms with Crippen molar-refractivity contribution in [2.45, 2.75) is 23.5 Å². The first-order valence-corrected chi connectivity index (χ1v) is 10.2. The summed E-state index contributed by atoms with van der Waals surface area (Å²) in [5, 5.41) is 23.7. The molecule has 1 unspecified atom stereocenters. The standard InChI is InChI=1S/C22H20N2O6S/c1-2-19(21(27)24-14-8-9-17(25)16(12-14)22(28)29)31-15-6-3-5-13(11-15)23-20(26)18-7-4-10-30-18/h3-12,19,25H,2H2,1H3,(H,23,26)(H,24,27)(H,28,29). The van der Waals surface area contributed by atoms with Crippen LogP contribution in [0.2, 0.25) is 0 Å². The molecule has 1 aromatic heterocycles. The number of anilines is 2. The van der Waals surface area contributed by atoms with Crippen molar-refractivity contribution in [2.75, 3.05) is 10.6 Å². The van der Waals surface area contributed by atoms with E-state index in [1.165, 1.54) is 36.2 Å². The topological polar surface area (TPSA) is 129 Å². The van der Waals surface area contributed by atoms with Crippen molar-refractivity contribution in [1.29, 1.82) is 0 Å². The highest BCUT2D eigenvalue weighted by atomic mass is 32.2. The number of phenols is 1. The Morgan fingerprint density at radius 1 is 1.03 bits per heavy atom. The molecule has 0 radical (unpaired) electrons. The molecular weight excluding hydrogens is 420 g/mol. The van der Waals surface area contributed by atoms with E-state index in [0.717, 1.165) is 4.90 Å². The SMILES string of the molecule is CCC(Sc1cccc(NC(=O)c2ccco2)c1)C(=O)Nc1ccc(O)c(C(=O)O)c1. The van der Waals surface area contributed by atoms with Gasteiger partial charge in [-0.15, -0.1) is 11.8 Å². The molecule has 0 saturated carbocycles. The molecule has 0 bridgehead atoms. The van der Waals surface area contributed by atoms with Gasteiger partial charge >= 0.3 is 5.97 Å². The summed E-state index contributed by atoms with van der Waals surface area (Å²) in [6, 6.07) is 14.1. The van der Waals surface area contributed by atoms with Crippen molar-refractivity contribution in [3.63, 3.8) is 0 Å². The van der Waals surface area contributed by atoms with E-state index in [1.807, 2.05) is 13.0 Å². The van der Waals surface area contributed by atoms with Gasteiger partial charge in [0.15, 0.2) is 5.76 Å². The van der Waals surface area contributed by atoms with Crippen molar-refractivity contribution < 1.29 is 29.0 Å². The van der Waals surface area contributed by atoms with Crippen molar-refractivity contribution in [2.24, 2.45) is 0 Å². The number of rotatable bonds is 8. The smallest absolute Gasteiger partial charge is 0.339 e. The summed E-state index contributed by atoms with van der Waals surface area (Å²) in [4.78, 5) is 36.8. The Bertz CT molecular complexity index is 1100. The predicted molar refractivity (Wildman–Crippen MR) is 117 cm³/mol. The molecule has 9 heteroatoms. The van der Waals surface area contributed by atoms with Crippen molar-refractivity contribution in [3.05, 3.63) is 72.2 Å². The Morgan fingerprint density at radius 2 is 1.81 bits per heavy atom. The molecule has 4 N–H and O–H groups in total. The fourth-order valence-electron chi connectivity index (χ4n) is 2.74. The van der Waals surface area contributed by atoms with Crippen molar-refractivity contribution >= 4 is 40.9 Å². The molecule has 8 nitrogen and oxygen atoms in total. The van der Waals surface area contributed by atoms with Crippen LogP contribution in [0.15, 0.2) is 70.2 Å². The van der Waals surface area contributed by atoms with E-state index in [9.17, 15) is 19.5 Å². The minimum Gasteiger partial charge on any atom is -0.507 e. The van der Waals surface area contributed by atoms with Gasteiger partial charge in [-0.1, -0.05) is 13.0 Å². The third-order valence-corrected chi connectivity index (χ3v) is 5.63. The maximum absolute atomic E-state index is 12.7. The molecule has 0 fully saturated rings. The van der Waals surface area contributed by atoms with Gasteiger partial charge in [-0.3, -0.25) is 9.59 Å². The fourth-order valence-corrected chi connectivity index (χ4v) is 3.76. The average Bonchev–Trinajstić information content (AvgIpc) is 3.28. The van der Waals surface area contributed by atoms with Crippen LogP contribution in [0.25, 0.3) is 0 Å². The molecule has 2 aromatic carbocycles. The molecule has 160 valence electrons. The van der Waals surface area contributed by atoms with Crippen molar-refractivity contribution in [3.8, 4) is 5.75 Å². The molecule has 31 heavy (non-hydrogen) atoms. The summed E-state index contributed by atoms with van der Waals surface area (Å²) in [6.07, 6.45) is 1.93. The minimum absolute atomic E-state index is 0.193. The number of benzene rings is 2. The van der Waals surface area contributed by atoms with E-state index in [4.69, 9.17) is 9.52 Å². The van der Waals surface area contributed by atoms with E-state index in [-0.39, 0.29) is 34.6 Å². The second-order valence-corrected chi connectivity index (χ2v) is 7.78. The molecule has 0 aliphatic carbocycles. The summed E-state index contributed by atoms with van der Waals surface area (Å²) in [5.41, 5.74) is 0.545. The number of nitrogens with one attached hydrogen (secondary N) is 2. The van der Waals surface area contributed by atoms with Gasteiger partial charge in [0.05, 0.1) is 11.5 Å². The molecule has 1 atom stereocenters. The first-order chi connectivity index (χ1) is 14.9. The average molecular weight is 440 g/mol. The summed E-state index contributed by atoms with van der Waals surface area (Å²) < 4.78 is 5.08. The number of carboxylic acid groups (broad SMARTS) is 1. The van der Waals surface area contributed by atoms with Gasteiger partial charge in [-0.2, -0.15) is 0 Å². The number of carboxylic acids is 1. The zero-order chi connectivity index (χ0) is 22.4. The largest absolute Gasteiger partial charge is 0.507 e. The molecule has 2 amide bonds. The Balaban J connectivity index is 1.68. The lowest BCUT2D eigenvalue weighted by atomic mass is 10.1. The third kappa shape index (κ3) is 5.67. The van der Waals surface area contributed by atoms with Crippen LogP contribution >= 0.6 is 11.8 Å². The summed E-state index contributed by atoms with van der Waals surface area (Å²) in [7, 11) is 0. The number of aromatic carboxylic acids is 1. The second kappa shape index (κ2) is 9.86. The molecule has 3 aromatic rings. The van der Waals surface area contributed by atoms with Crippen LogP contribution in [-0.2, 0) is 4.79 Å². The molecule has 0 spiro atoms. The van der Waals surface area contributed by atoms with Gasteiger partial charge in [-0.05, 0) is 55.0 Å². The van der Waals surface area contributed by atoms with Crippen LogP contribution in [0.4, 0.5) is 11.4 Å². The van der Waals surface area contributed by atoms with Crippen LogP contribution in [0, 0.1) is 0 Å². The number of thioether (sulfide) groups is 1. The Labute approximate surface area is 182 Å². The number of furan rings is 1. The molecule has 0 aliphatic heterocycles. The molecule has 1 heterocycles. The second-order valence-electron chi connectivity index (χ2n) is 6.50. The van der Waals surface area contributed by atoms with Gasteiger partial charge < -0.3 is 25.3 Å². The summed E-state index contributed by atoms with van der Waals surface area (Å²) >= 11 is 1.32. The van der Waals surface area contributed by atoms with E-state index in [1.54, 1.807) is 30.3 Å². The maximum atomic E-state index is 12.7. The summed E-state index contributed by atoms with van der Waals surface area (Å²) in [6.45, 7) is 1.86. The lowest BCUT2D eigenvalue weighted by Crippen LogP contribution is -2.24. The van der Waals surface area contributed by atoms with E-state index in [0.29, 0.717) is 12.1 Å². The number of carbonyl (C=O) groups excluding carboxylic acids is 2. The zero-order valence-corrected chi connectivity index (χ0v) is 17.3. The Morgan fingerprint density at radius 3 is 2.48 bits per heavy atom. The predicted octanol–water partition coefficient (Wildman–Crippen LogP) is 4.45. The van der Waals surface area contributed by atoms with Crippen molar-refractivity contribution in [1.82, 2.24) is 0 Å². The van der Waals surface area contributed by atoms with Crippen LogP contribution in [-0.4, -0.2) is 33.2 Å². The van der Waals surface area contributed by atoms with Crippen LogP contribution in [0.5, 0.6) is 5.75 Å². The van der Waals surface area contributed by atoms with E-state index < -0.39 is 11.2 Å². The first-order valence-electron chi connectivity index (χ1n) is 9.36. The van der Waals surface area contributed by atoms with Gasteiger partial charge in [0.25, 0.3) is 5.91 Å². The van der Waals surface area contributed by atoms with Crippen LogP contribution < -0.4 is 10.6 Å². The molecule has 0 aliphatic rings.